The number of imide groups is 1. The third kappa shape index (κ3) is 5.02. The molecule has 5 rings (SSSR count). The first-order chi connectivity index (χ1) is 17.6. The van der Waals surface area contributed by atoms with E-state index in [2.05, 4.69) is 10.6 Å². The number of carbonyl (C=O) groups is 2. The molecule has 7 heteroatoms. The van der Waals surface area contributed by atoms with Gasteiger partial charge in [0.2, 0.25) is 0 Å². The highest BCUT2D eigenvalue weighted by Gasteiger charge is 2.35. The highest BCUT2D eigenvalue weighted by molar-refractivity contribution is 8.18. The number of hydrogen-bond acceptors (Lipinski definition) is 5. The van der Waals surface area contributed by atoms with Crippen LogP contribution in [0.3, 0.4) is 0 Å². The fourth-order valence-electron chi connectivity index (χ4n) is 4.27. The van der Waals surface area contributed by atoms with Crippen molar-refractivity contribution in [1.82, 2.24) is 9.47 Å². The van der Waals surface area contributed by atoms with Gasteiger partial charge in [0.25, 0.3) is 11.1 Å². The molecule has 6 nitrogen and oxygen atoms in total. The Balaban J connectivity index is 1.31. The fraction of sp³-hybridized carbons (Fsp3) is 0.172. The van der Waals surface area contributed by atoms with Crippen molar-refractivity contribution < 1.29 is 19.1 Å². The van der Waals surface area contributed by atoms with Gasteiger partial charge in [0.15, 0.2) is 11.5 Å². The van der Waals surface area contributed by atoms with Gasteiger partial charge in [0.1, 0.15) is 0 Å². The average molecular weight is 499 g/mol. The van der Waals surface area contributed by atoms with E-state index >= 15 is 0 Å². The zero-order chi connectivity index (χ0) is 24.9. The highest BCUT2D eigenvalue weighted by Crippen LogP contribution is 2.35. The third-order valence-corrected chi connectivity index (χ3v) is 6.94. The number of aromatic nitrogens is 1. The maximum Gasteiger partial charge on any atom is 0.293 e. The van der Waals surface area contributed by atoms with Crippen LogP contribution < -0.4 is 9.47 Å². The van der Waals surface area contributed by atoms with E-state index in [0.29, 0.717) is 17.3 Å². The van der Waals surface area contributed by atoms with Gasteiger partial charge >= 0.3 is 0 Å². The predicted octanol–water partition coefficient (Wildman–Crippen LogP) is 6.36. The summed E-state index contributed by atoms with van der Waals surface area (Å²) in [4.78, 5) is 27.4. The van der Waals surface area contributed by atoms with Crippen LogP contribution in [0, 0.1) is 0 Å². The van der Waals surface area contributed by atoms with Crippen LogP contribution in [0.1, 0.15) is 17.5 Å². The van der Waals surface area contributed by atoms with Gasteiger partial charge in [-0.1, -0.05) is 60.7 Å². The quantitative estimate of drug-likeness (QED) is 0.199. The second-order valence-electron chi connectivity index (χ2n) is 8.40. The van der Waals surface area contributed by atoms with E-state index in [9.17, 15) is 9.59 Å². The molecule has 0 radical (unpaired) electrons. The predicted molar refractivity (Wildman–Crippen MR) is 143 cm³/mol. The summed E-state index contributed by atoms with van der Waals surface area (Å²) in [5, 5.41) is 0.797. The minimum atomic E-state index is -0.254. The molecule has 36 heavy (non-hydrogen) atoms. The van der Waals surface area contributed by atoms with Gasteiger partial charge in [-0.25, -0.2) is 0 Å². The zero-order valence-corrected chi connectivity index (χ0v) is 20.7. The summed E-state index contributed by atoms with van der Waals surface area (Å²) in [6.45, 7) is 1.57. The topological polar surface area (TPSA) is 60.8 Å². The number of fused-ring (bicyclic) bond motifs is 1. The van der Waals surface area contributed by atoms with Crippen LogP contribution in [0.4, 0.5) is 4.79 Å². The lowest BCUT2D eigenvalue weighted by Crippen LogP contribution is -2.27. The molecule has 2 amide bonds. The van der Waals surface area contributed by atoms with E-state index in [1.165, 1.54) is 4.90 Å². The van der Waals surface area contributed by atoms with E-state index in [0.717, 1.165) is 52.5 Å². The monoisotopic (exact) mass is 498 g/mol. The van der Waals surface area contributed by atoms with Crippen molar-refractivity contribution in [2.24, 2.45) is 0 Å². The Kier molecular flexibility index (Phi) is 7.09. The molecule has 0 saturated carbocycles. The number of benzene rings is 3. The van der Waals surface area contributed by atoms with E-state index in [1.54, 1.807) is 7.11 Å². The number of para-hydroxylation sites is 3. The summed E-state index contributed by atoms with van der Waals surface area (Å²) in [6.07, 6.45) is 4.67. The zero-order valence-electron chi connectivity index (χ0n) is 19.9. The molecule has 1 fully saturated rings. The smallest absolute Gasteiger partial charge is 0.293 e. The summed E-state index contributed by atoms with van der Waals surface area (Å²) in [6, 6.07) is 25.2. The molecule has 0 N–H and O–H groups in total. The van der Waals surface area contributed by atoms with Crippen LogP contribution in [0.5, 0.6) is 11.5 Å². The summed E-state index contributed by atoms with van der Waals surface area (Å²) in [5.74, 6) is 1.19. The molecule has 0 atom stereocenters. The molecule has 1 saturated heterocycles. The normalized spacial score (nSPS) is 14.7. The van der Waals surface area contributed by atoms with Gasteiger partial charge in [0.05, 0.1) is 25.2 Å². The fourth-order valence-corrected chi connectivity index (χ4v) is 5.10. The molecule has 2 heterocycles. The van der Waals surface area contributed by atoms with Crippen LogP contribution >= 0.6 is 11.8 Å². The number of thioether (sulfide) groups is 1. The van der Waals surface area contributed by atoms with Crippen molar-refractivity contribution in [3.63, 3.8) is 0 Å². The van der Waals surface area contributed by atoms with E-state index in [1.807, 2.05) is 85.1 Å². The first kappa shape index (κ1) is 23.8. The largest absolute Gasteiger partial charge is 0.493 e. The molecule has 1 aliphatic heterocycles. The molecule has 0 bridgehead atoms. The number of methoxy groups -OCH3 is 1. The summed E-state index contributed by atoms with van der Waals surface area (Å²) in [7, 11) is 1.63. The lowest BCUT2D eigenvalue weighted by molar-refractivity contribution is -0.123. The molecule has 0 aliphatic carbocycles. The number of nitrogens with zero attached hydrogens (tertiary/aromatic N) is 2. The Bertz CT molecular complexity index is 1430. The maximum absolute atomic E-state index is 13.0. The van der Waals surface area contributed by atoms with E-state index in [-0.39, 0.29) is 17.7 Å². The van der Waals surface area contributed by atoms with Gasteiger partial charge in [-0.3, -0.25) is 14.5 Å². The second-order valence-corrected chi connectivity index (χ2v) is 9.39. The SMILES string of the molecule is COc1ccccc1OCCCn1cc(/C=C2\SC(=O)N(Cc3ccccc3)C2=O)c2ccccc21. The molecule has 3 aromatic carbocycles. The minimum Gasteiger partial charge on any atom is -0.493 e. The first-order valence-electron chi connectivity index (χ1n) is 11.8. The molecule has 182 valence electrons. The molecule has 1 aromatic heterocycles. The average Bonchev–Trinajstić information content (AvgIpc) is 3.39. The van der Waals surface area contributed by atoms with Crippen molar-refractivity contribution in [3.8, 4) is 11.5 Å². The van der Waals surface area contributed by atoms with Crippen LogP contribution in [-0.4, -0.2) is 34.3 Å². The Morgan fingerprint density at radius 3 is 2.42 bits per heavy atom. The lowest BCUT2D eigenvalue weighted by Gasteiger charge is -2.12. The van der Waals surface area contributed by atoms with Gasteiger partial charge in [-0.05, 0) is 48.0 Å². The Morgan fingerprint density at radius 2 is 1.61 bits per heavy atom. The van der Waals surface area contributed by atoms with Gasteiger partial charge in [-0.15, -0.1) is 0 Å². The molecule has 4 aromatic rings. The maximum atomic E-state index is 13.0. The Hall–Kier alpha value is -3.97. The van der Waals surface area contributed by atoms with Gasteiger partial charge in [-0.2, -0.15) is 0 Å². The van der Waals surface area contributed by atoms with Crippen LogP contribution in [0.2, 0.25) is 0 Å². The van der Waals surface area contributed by atoms with Crippen LogP contribution in [0.25, 0.3) is 17.0 Å². The second kappa shape index (κ2) is 10.7. The Labute approximate surface area is 214 Å². The van der Waals surface area contributed by atoms with Crippen LogP contribution in [0.15, 0.2) is 90.0 Å². The standard InChI is InChI=1S/C29H26N2O4S/c1-34-25-14-7-8-15-26(25)35-17-9-16-30-20-22(23-12-5-6-13-24(23)30)18-27-28(32)31(29(33)36-27)19-21-10-3-2-4-11-21/h2-8,10-15,18,20H,9,16-17,19H2,1H3/b27-18-. The summed E-state index contributed by atoms with van der Waals surface area (Å²) >= 11 is 0.994. The number of carbonyl (C=O) groups excluding carboxylic acids is 2. The third-order valence-electron chi connectivity index (χ3n) is 6.03. The molecule has 1 aliphatic rings. The van der Waals surface area contributed by atoms with Crippen LogP contribution in [-0.2, 0) is 17.9 Å². The minimum absolute atomic E-state index is 0.243. The number of rotatable bonds is 9. The van der Waals surface area contributed by atoms with Gasteiger partial charge < -0.3 is 14.0 Å². The summed E-state index contributed by atoms with van der Waals surface area (Å²) in [5.41, 5.74) is 2.92. The number of aryl methyl sites for hydroxylation is 1. The Morgan fingerprint density at radius 1 is 0.889 bits per heavy atom. The number of ether oxygens (including phenoxy) is 2. The number of hydrogen-bond donors (Lipinski definition) is 0. The highest BCUT2D eigenvalue weighted by atomic mass is 32.2. The van der Waals surface area contributed by atoms with Crippen molar-refractivity contribution in [2.45, 2.75) is 19.5 Å². The molecule has 0 unspecified atom stereocenters. The molecule has 0 spiro atoms. The lowest BCUT2D eigenvalue weighted by atomic mass is 10.1. The summed E-state index contributed by atoms with van der Waals surface area (Å²) < 4.78 is 13.4. The van der Waals surface area contributed by atoms with E-state index in [4.69, 9.17) is 9.47 Å². The first-order valence-corrected chi connectivity index (χ1v) is 12.6. The molecular weight excluding hydrogens is 472 g/mol. The molecular formula is C29H26N2O4S. The van der Waals surface area contributed by atoms with Gasteiger partial charge in [0, 0.05) is 29.2 Å². The van der Waals surface area contributed by atoms with Crippen molar-refractivity contribution in [2.75, 3.05) is 13.7 Å². The van der Waals surface area contributed by atoms with Crippen molar-refractivity contribution >= 4 is 39.9 Å². The van der Waals surface area contributed by atoms with Crippen molar-refractivity contribution in [3.05, 3.63) is 101 Å². The van der Waals surface area contributed by atoms with Crippen molar-refractivity contribution in [1.29, 1.82) is 0 Å². The number of amides is 2. The van der Waals surface area contributed by atoms with E-state index < -0.39 is 0 Å².